The van der Waals surface area contributed by atoms with Crippen molar-refractivity contribution in [1.82, 2.24) is 0 Å². The summed E-state index contributed by atoms with van der Waals surface area (Å²) in [6.07, 6.45) is 3.98. The Hall–Kier alpha value is -2.34. The number of nitrogens with one attached hydrogen (secondary N) is 2. The maximum atomic E-state index is 12.4. The van der Waals surface area contributed by atoms with Crippen molar-refractivity contribution >= 4 is 33.8 Å². The smallest absolute Gasteiger partial charge is 0.256 e. The van der Waals surface area contributed by atoms with Gasteiger partial charge < -0.3 is 16.4 Å². The molecule has 0 bridgehead atoms. The van der Waals surface area contributed by atoms with Gasteiger partial charge in [-0.25, -0.2) is 0 Å². The lowest BCUT2D eigenvalue weighted by Gasteiger charge is -2.11. The molecule has 120 valence electrons. The quantitative estimate of drug-likeness (QED) is 0.806. The normalized spacial score (nSPS) is 13.3. The fraction of sp³-hybridized carbons (Fsp3) is 0.294. The van der Waals surface area contributed by atoms with Crippen LogP contribution >= 0.6 is 11.3 Å². The van der Waals surface area contributed by atoms with Crippen molar-refractivity contribution in [3.63, 3.8) is 0 Å². The molecule has 2 aromatic rings. The van der Waals surface area contributed by atoms with Crippen molar-refractivity contribution in [2.24, 2.45) is 5.73 Å². The Morgan fingerprint density at radius 2 is 1.83 bits per heavy atom. The van der Waals surface area contributed by atoms with E-state index < -0.39 is 5.91 Å². The Balaban J connectivity index is 1.88. The van der Waals surface area contributed by atoms with E-state index in [9.17, 15) is 9.59 Å². The van der Waals surface area contributed by atoms with Gasteiger partial charge in [0, 0.05) is 23.2 Å². The Labute approximate surface area is 138 Å². The summed E-state index contributed by atoms with van der Waals surface area (Å²) in [5, 5.41) is 6.45. The molecule has 4 N–H and O–H groups in total. The Morgan fingerprint density at radius 3 is 2.48 bits per heavy atom. The van der Waals surface area contributed by atoms with Gasteiger partial charge in [0.05, 0.1) is 5.56 Å². The van der Waals surface area contributed by atoms with Gasteiger partial charge in [-0.2, -0.15) is 0 Å². The van der Waals surface area contributed by atoms with E-state index in [1.807, 2.05) is 19.2 Å². The lowest BCUT2D eigenvalue weighted by atomic mass is 9.95. The van der Waals surface area contributed by atoms with Gasteiger partial charge in [0.1, 0.15) is 5.00 Å². The molecule has 1 aliphatic carbocycles. The first kappa shape index (κ1) is 15.6. The Morgan fingerprint density at radius 1 is 1.13 bits per heavy atom. The fourth-order valence-corrected chi connectivity index (χ4v) is 4.17. The number of amides is 2. The molecule has 0 fully saturated rings. The van der Waals surface area contributed by atoms with E-state index in [0.717, 1.165) is 36.9 Å². The van der Waals surface area contributed by atoms with Crippen molar-refractivity contribution in [2.75, 3.05) is 17.7 Å². The summed E-state index contributed by atoms with van der Waals surface area (Å²) >= 11 is 1.48. The number of carbonyl (C=O) groups excluding carboxylic acids is 2. The molecule has 2 amide bonds. The molecular formula is C17H19N3O2S. The van der Waals surface area contributed by atoms with Crippen LogP contribution in [0.2, 0.25) is 0 Å². The lowest BCUT2D eigenvalue weighted by Crippen LogP contribution is -2.18. The van der Waals surface area contributed by atoms with Crippen LogP contribution in [0.15, 0.2) is 24.3 Å². The Kier molecular flexibility index (Phi) is 4.34. The molecule has 0 aliphatic heterocycles. The summed E-state index contributed by atoms with van der Waals surface area (Å²) in [7, 11) is 1.82. The minimum Gasteiger partial charge on any atom is -0.388 e. The number of rotatable bonds is 4. The standard InChI is InChI=1S/C17H19N3O2S/c1-19-11-8-6-10(7-9-11)16(22)20-17-14(15(18)21)12-4-2-3-5-13(12)23-17/h6-9,19H,2-5H2,1H3,(H2,18,21)(H,20,22). The van der Waals surface area contributed by atoms with Crippen LogP contribution in [0.4, 0.5) is 10.7 Å². The number of aryl methyl sites for hydroxylation is 1. The zero-order chi connectivity index (χ0) is 16.4. The Bertz CT molecular complexity index is 750. The van der Waals surface area contributed by atoms with Crippen LogP contribution in [0.25, 0.3) is 0 Å². The molecule has 3 rings (SSSR count). The highest BCUT2D eigenvalue weighted by molar-refractivity contribution is 7.17. The first-order chi connectivity index (χ1) is 11.1. The van der Waals surface area contributed by atoms with E-state index in [1.54, 1.807) is 12.1 Å². The van der Waals surface area contributed by atoms with E-state index in [1.165, 1.54) is 16.2 Å². The van der Waals surface area contributed by atoms with Crippen LogP contribution in [-0.2, 0) is 12.8 Å². The number of fused-ring (bicyclic) bond motifs is 1. The highest BCUT2D eigenvalue weighted by Gasteiger charge is 2.25. The number of carbonyl (C=O) groups is 2. The number of primary amides is 1. The predicted molar refractivity (Wildman–Crippen MR) is 93.4 cm³/mol. The first-order valence-corrected chi connectivity index (χ1v) is 8.45. The number of anilines is 2. The molecule has 6 heteroatoms. The third-order valence-electron chi connectivity index (χ3n) is 4.08. The molecule has 1 aromatic carbocycles. The van der Waals surface area contributed by atoms with Crippen LogP contribution in [0.5, 0.6) is 0 Å². The molecule has 1 heterocycles. The third-order valence-corrected chi connectivity index (χ3v) is 5.29. The average Bonchev–Trinajstić information content (AvgIpc) is 2.92. The summed E-state index contributed by atoms with van der Waals surface area (Å²) in [6.45, 7) is 0. The zero-order valence-electron chi connectivity index (χ0n) is 12.9. The molecule has 0 atom stereocenters. The van der Waals surface area contributed by atoms with Gasteiger partial charge in [0.2, 0.25) is 0 Å². The SMILES string of the molecule is CNc1ccc(C(=O)Nc2sc3c(c2C(N)=O)CCCC3)cc1. The van der Waals surface area contributed by atoms with Crippen molar-refractivity contribution < 1.29 is 9.59 Å². The van der Waals surface area contributed by atoms with E-state index in [0.29, 0.717) is 16.1 Å². The minimum absolute atomic E-state index is 0.228. The van der Waals surface area contributed by atoms with Crippen LogP contribution < -0.4 is 16.4 Å². The molecule has 0 saturated carbocycles. The lowest BCUT2D eigenvalue weighted by molar-refractivity contribution is 0.100. The van der Waals surface area contributed by atoms with Gasteiger partial charge in [0.15, 0.2) is 0 Å². The van der Waals surface area contributed by atoms with Crippen molar-refractivity contribution in [3.05, 3.63) is 45.8 Å². The second kappa shape index (κ2) is 6.42. The topological polar surface area (TPSA) is 84.2 Å². The molecule has 0 spiro atoms. The molecule has 0 saturated heterocycles. The summed E-state index contributed by atoms with van der Waals surface area (Å²) in [5.74, 6) is -0.695. The highest BCUT2D eigenvalue weighted by Crippen LogP contribution is 2.38. The summed E-state index contributed by atoms with van der Waals surface area (Å²) in [5.41, 5.74) is 8.54. The van der Waals surface area contributed by atoms with E-state index in [4.69, 9.17) is 5.73 Å². The fourth-order valence-electron chi connectivity index (χ4n) is 2.88. The van der Waals surface area contributed by atoms with Gasteiger partial charge in [-0.3, -0.25) is 9.59 Å². The maximum Gasteiger partial charge on any atom is 0.256 e. The summed E-state index contributed by atoms with van der Waals surface area (Å²) in [6, 6.07) is 7.17. The van der Waals surface area contributed by atoms with Crippen molar-refractivity contribution in [1.29, 1.82) is 0 Å². The second-order valence-corrected chi connectivity index (χ2v) is 6.67. The van der Waals surface area contributed by atoms with Gasteiger partial charge >= 0.3 is 0 Å². The highest BCUT2D eigenvalue weighted by atomic mass is 32.1. The maximum absolute atomic E-state index is 12.4. The monoisotopic (exact) mass is 329 g/mol. The van der Waals surface area contributed by atoms with Gasteiger partial charge in [-0.05, 0) is 55.5 Å². The van der Waals surface area contributed by atoms with E-state index in [2.05, 4.69) is 10.6 Å². The van der Waals surface area contributed by atoms with Gasteiger partial charge in [0.25, 0.3) is 11.8 Å². The summed E-state index contributed by atoms with van der Waals surface area (Å²) in [4.78, 5) is 25.4. The minimum atomic E-state index is -0.467. The average molecular weight is 329 g/mol. The molecule has 0 unspecified atom stereocenters. The van der Waals surface area contributed by atoms with Crippen molar-refractivity contribution in [2.45, 2.75) is 25.7 Å². The van der Waals surface area contributed by atoms with Crippen LogP contribution in [0.1, 0.15) is 44.0 Å². The largest absolute Gasteiger partial charge is 0.388 e. The summed E-state index contributed by atoms with van der Waals surface area (Å²) < 4.78 is 0. The number of hydrogen-bond acceptors (Lipinski definition) is 4. The molecular weight excluding hydrogens is 310 g/mol. The van der Waals surface area contributed by atoms with Crippen molar-refractivity contribution in [3.8, 4) is 0 Å². The van der Waals surface area contributed by atoms with Crippen LogP contribution in [0, 0.1) is 0 Å². The van der Waals surface area contributed by atoms with Crippen LogP contribution in [0.3, 0.4) is 0 Å². The van der Waals surface area contributed by atoms with E-state index in [-0.39, 0.29) is 5.91 Å². The molecule has 0 radical (unpaired) electrons. The predicted octanol–water partition coefficient (Wildman–Crippen LogP) is 3.02. The van der Waals surface area contributed by atoms with Gasteiger partial charge in [-0.1, -0.05) is 0 Å². The molecule has 5 nitrogen and oxygen atoms in total. The molecule has 1 aromatic heterocycles. The van der Waals surface area contributed by atoms with Crippen LogP contribution in [-0.4, -0.2) is 18.9 Å². The second-order valence-electron chi connectivity index (χ2n) is 5.56. The number of nitrogens with two attached hydrogens (primary N) is 1. The molecule has 23 heavy (non-hydrogen) atoms. The molecule has 1 aliphatic rings. The number of hydrogen-bond donors (Lipinski definition) is 3. The zero-order valence-corrected chi connectivity index (χ0v) is 13.8. The van der Waals surface area contributed by atoms with Gasteiger partial charge in [-0.15, -0.1) is 11.3 Å². The number of benzene rings is 1. The number of thiophene rings is 1. The third kappa shape index (κ3) is 3.07. The van der Waals surface area contributed by atoms with E-state index >= 15 is 0 Å². The first-order valence-electron chi connectivity index (χ1n) is 7.63.